The summed E-state index contributed by atoms with van der Waals surface area (Å²) >= 11 is 0. The lowest BCUT2D eigenvalue weighted by Gasteiger charge is -2.12. The lowest BCUT2D eigenvalue weighted by molar-refractivity contribution is 0.0191. The maximum Gasteiger partial charge on any atom is 0.271 e. The summed E-state index contributed by atoms with van der Waals surface area (Å²) in [5.74, 6) is 3.22. The number of halogens is 2. The highest BCUT2D eigenvalue weighted by Gasteiger charge is 2.29. The van der Waals surface area contributed by atoms with Gasteiger partial charge in [0.1, 0.15) is 5.58 Å². The lowest BCUT2D eigenvalue weighted by atomic mass is 9.99. The molecule has 0 aliphatic heterocycles. The third-order valence-corrected chi connectivity index (χ3v) is 4.36. The SMILES string of the molecule is Cc1cccc(C#Cc2ccc(C(C)(F)F)c3c2oc2ccccc23)c1. The lowest BCUT2D eigenvalue weighted by Crippen LogP contribution is -2.07. The highest BCUT2D eigenvalue weighted by atomic mass is 19.3. The Bertz CT molecular complexity index is 1180. The van der Waals surface area contributed by atoms with Crippen molar-refractivity contribution >= 4 is 21.9 Å². The molecule has 4 aromatic rings. The van der Waals surface area contributed by atoms with Gasteiger partial charge in [0.15, 0.2) is 5.58 Å². The molecule has 4 rings (SSSR count). The number of furan rings is 1. The van der Waals surface area contributed by atoms with E-state index in [1.807, 2.05) is 43.3 Å². The summed E-state index contributed by atoms with van der Waals surface area (Å²) in [7, 11) is 0. The van der Waals surface area contributed by atoms with Gasteiger partial charge in [-0.15, -0.1) is 0 Å². The van der Waals surface area contributed by atoms with Crippen LogP contribution in [0.4, 0.5) is 8.78 Å². The molecular formula is C23H16F2O. The highest BCUT2D eigenvalue weighted by Crippen LogP contribution is 2.39. The van der Waals surface area contributed by atoms with E-state index in [-0.39, 0.29) is 5.56 Å². The Morgan fingerprint density at radius 3 is 2.50 bits per heavy atom. The van der Waals surface area contributed by atoms with Crippen molar-refractivity contribution in [3.05, 3.63) is 82.9 Å². The van der Waals surface area contributed by atoms with Crippen LogP contribution in [-0.4, -0.2) is 0 Å². The average molecular weight is 346 g/mol. The number of para-hydroxylation sites is 1. The molecule has 1 nitrogen and oxygen atoms in total. The molecule has 1 aromatic heterocycles. The van der Waals surface area contributed by atoms with Gasteiger partial charge in [0, 0.05) is 28.8 Å². The van der Waals surface area contributed by atoms with E-state index < -0.39 is 5.92 Å². The van der Waals surface area contributed by atoms with Crippen LogP contribution in [0.5, 0.6) is 0 Å². The zero-order valence-electron chi connectivity index (χ0n) is 14.4. The number of benzene rings is 3. The number of fused-ring (bicyclic) bond motifs is 3. The molecule has 0 aliphatic rings. The molecule has 3 aromatic carbocycles. The third kappa shape index (κ3) is 2.84. The summed E-state index contributed by atoms with van der Waals surface area (Å²) in [5.41, 5.74) is 3.54. The van der Waals surface area contributed by atoms with E-state index in [0.717, 1.165) is 18.1 Å². The molecule has 1 heterocycles. The molecular weight excluding hydrogens is 330 g/mol. The van der Waals surface area contributed by atoms with Gasteiger partial charge >= 0.3 is 0 Å². The Labute approximate surface area is 150 Å². The summed E-state index contributed by atoms with van der Waals surface area (Å²) in [6.07, 6.45) is 0. The Morgan fingerprint density at radius 2 is 1.73 bits per heavy atom. The van der Waals surface area contributed by atoms with Crippen molar-refractivity contribution in [2.24, 2.45) is 0 Å². The van der Waals surface area contributed by atoms with Crippen LogP contribution in [0.25, 0.3) is 21.9 Å². The number of rotatable bonds is 1. The highest BCUT2D eigenvalue weighted by molar-refractivity contribution is 6.08. The summed E-state index contributed by atoms with van der Waals surface area (Å²) in [5, 5.41) is 1.11. The van der Waals surface area contributed by atoms with Crippen LogP contribution >= 0.6 is 0 Å². The predicted molar refractivity (Wildman–Crippen MR) is 100 cm³/mol. The molecule has 0 atom stereocenters. The molecule has 0 spiro atoms. The first-order valence-electron chi connectivity index (χ1n) is 8.35. The molecule has 0 bridgehead atoms. The normalized spacial score (nSPS) is 11.5. The number of hydrogen-bond donors (Lipinski definition) is 0. The molecule has 0 saturated heterocycles. The minimum atomic E-state index is -2.96. The average Bonchev–Trinajstić information content (AvgIpc) is 2.98. The molecule has 128 valence electrons. The van der Waals surface area contributed by atoms with Crippen LogP contribution in [-0.2, 0) is 5.92 Å². The van der Waals surface area contributed by atoms with Gasteiger partial charge in [0.25, 0.3) is 5.92 Å². The monoisotopic (exact) mass is 346 g/mol. The van der Waals surface area contributed by atoms with Gasteiger partial charge in [0.2, 0.25) is 0 Å². The minimum absolute atomic E-state index is 0.0430. The van der Waals surface area contributed by atoms with E-state index in [4.69, 9.17) is 4.42 Å². The Hall–Kier alpha value is -3.12. The van der Waals surface area contributed by atoms with Gasteiger partial charge in [-0.3, -0.25) is 0 Å². The Kier molecular flexibility index (Phi) is 3.77. The van der Waals surface area contributed by atoms with Crippen molar-refractivity contribution < 1.29 is 13.2 Å². The Balaban J connectivity index is 1.98. The number of aryl methyl sites for hydroxylation is 1. The van der Waals surface area contributed by atoms with E-state index in [1.54, 1.807) is 18.2 Å². The summed E-state index contributed by atoms with van der Waals surface area (Å²) in [4.78, 5) is 0. The molecule has 0 aliphatic carbocycles. The fourth-order valence-electron chi connectivity index (χ4n) is 3.15. The van der Waals surface area contributed by atoms with Gasteiger partial charge in [-0.05, 0) is 36.8 Å². The van der Waals surface area contributed by atoms with Crippen molar-refractivity contribution in [3.8, 4) is 11.8 Å². The maximum atomic E-state index is 14.1. The van der Waals surface area contributed by atoms with E-state index >= 15 is 0 Å². The van der Waals surface area contributed by atoms with E-state index in [2.05, 4.69) is 11.8 Å². The zero-order valence-corrected chi connectivity index (χ0v) is 14.4. The van der Waals surface area contributed by atoms with E-state index in [1.165, 1.54) is 6.07 Å². The molecule has 0 unspecified atom stereocenters. The molecule has 0 radical (unpaired) electrons. The first-order chi connectivity index (χ1) is 12.4. The van der Waals surface area contributed by atoms with Gasteiger partial charge < -0.3 is 4.42 Å². The van der Waals surface area contributed by atoms with E-state index in [0.29, 0.717) is 27.5 Å². The van der Waals surface area contributed by atoms with Crippen LogP contribution in [0, 0.1) is 18.8 Å². The van der Waals surface area contributed by atoms with Crippen molar-refractivity contribution in [3.63, 3.8) is 0 Å². The second kappa shape index (κ2) is 6.00. The number of alkyl halides is 2. The fraction of sp³-hybridized carbons (Fsp3) is 0.130. The molecule has 0 N–H and O–H groups in total. The molecule has 0 amide bonds. The van der Waals surface area contributed by atoms with Crippen LogP contribution in [0.3, 0.4) is 0 Å². The van der Waals surface area contributed by atoms with Crippen LogP contribution in [0.15, 0.2) is 65.1 Å². The zero-order chi connectivity index (χ0) is 18.3. The predicted octanol–water partition coefficient (Wildman–Crippen LogP) is 6.41. The van der Waals surface area contributed by atoms with Crippen molar-refractivity contribution in [2.75, 3.05) is 0 Å². The van der Waals surface area contributed by atoms with E-state index in [9.17, 15) is 8.78 Å². The summed E-state index contributed by atoms with van der Waals surface area (Å²) < 4.78 is 34.2. The largest absolute Gasteiger partial charge is 0.455 e. The van der Waals surface area contributed by atoms with Crippen molar-refractivity contribution in [1.82, 2.24) is 0 Å². The molecule has 26 heavy (non-hydrogen) atoms. The van der Waals surface area contributed by atoms with Crippen LogP contribution in [0.1, 0.15) is 29.2 Å². The second-order valence-corrected chi connectivity index (χ2v) is 6.47. The quantitative estimate of drug-likeness (QED) is 0.363. The molecule has 3 heteroatoms. The molecule has 0 saturated carbocycles. The fourth-order valence-corrected chi connectivity index (χ4v) is 3.15. The third-order valence-electron chi connectivity index (χ3n) is 4.36. The number of hydrogen-bond acceptors (Lipinski definition) is 1. The Morgan fingerprint density at radius 1 is 0.923 bits per heavy atom. The van der Waals surface area contributed by atoms with Gasteiger partial charge in [-0.25, -0.2) is 8.78 Å². The van der Waals surface area contributed by atoms with Gasteiger partial charge in [0.05, 0.1) is 5.56 Å². The van der Waals surface area contributed by atoms with Gasteiger partial charge in [-0.2, -0.15) is 0 Å². The van der Waals surface area contributed by atoms with Crippen LogP contribution < -0.4 is 0 Å². The first kappa shape index (κ1) is 16.4. The summed E-state index contributed by atoms with van der Waals surface area (Å²) in [6.45, 7) is 2.91. The topological polar surface area (TPSA) is 13.1 Å². The standard InChI is InChI=1S/C23H16F2O/c1-15-6-5-7-16(14-15)10-11-17-12-13-19(23(2,24)25)21-18-8-3-4-9-20(18)26-22(17)21/h3-9,12-14H,1-2H3. The first-order valence-corrected chi connectivity index (χ1v) is 8.35. The molecule has 0 fully saturated rings. The smallest absolute Gasteiger partial charge is 0.271 e. The summed E-state index contributed by atoms with van der Waals surface area (Å²) in [6, 6.07) is 18.1. The second-order valence-electron chi connectivity index (χ2n) is 6.47. The van der Waals surface area contributed by atoms with Gasteiger partial charge in [-0.1, -0.05) is 48.2 Å². The van der Waals surface area contributed by atoms with Crippen LogP contribution in [0.2, 0.25) is 0 Å². The van der Waals surface area contributed by atoms with Crippen molar-refractivity contribution in [2.45, 2.75) is 19.8 Å². The minimum Gasteiger partial charge on any atom is -0.455 e. The maximum absolute atomic E-state index is 14.1. The van der Waals surface area contributed by atoms with Crippen molar-refractivity contribution in [1.29, 1.82) is 0 Å².